The van der Waals surface area contributed by atoms with Crippen LogP contribution < -0.4 is 10.1 Å². The van der Waals surface area contributed by atoms with Gasteiger partial charge in [0.25, 0.3) is 5.92 Å². The summed E-state index contributed by atoms with van der Waals surface area (Å²) in [5.41, 5.74) is 1.11. The minimum atomic E-state index is -3.39. The van der Waals surface area contributed by atoms with Crippen LogP contribution >= 0.6 is 0 Å². The largest absolute Gasteiger partial charge is 0.479 e. The molecule has 0 saturated carbocycles. The Morgan fingerprint density at radius 3 is 2.92 bits per heavy atom. The number of piperidine rings is 1. The van der Waals surface area contributed by atoms with Crippen LogP contribution in [0.4, 0.5) is 23.5 Å². The van der Waals surface area contributed by atoms with Gasteiger partial charge in [0.05, 0.1) is 44.9 Å². The van der Waals surface area contributed by atoms with E-state index in [0.717, 1.165) is 9.42 Å². The number of halogens is 4. The van der Waals surface area contributed by atoms with Crippen LogP contribution in [-0.2, 0) is 11.3 Å². The molecule has 0 radical (unpaired) electrons. The smallest absolute Gasteiger partial charge is 0.285 e. The SMILES string of the molecule is [2H]c1c(F)c(-c2ccc3nnn(CCF)c3c2)c2c(OC)nc(N[C@@H]3CCN(C(=O)CO)CC3(F)F)nn12. The Kier molecular flexibility index (Phi) is 5.98. The fourth-order valence-electron chi connectivity index (χ4n) is 4.37. The molecule has 1 atom stereocenters. The topological polar surface area (TPSA) is 123 Å². The van der Waals surface area contributed by atoms with E-state index in [-0.39, 0.29) is 42.4 Å². The van der Waals surface area contributed by atoms with Crippen LogP contribution in [0, 0.1) is 5.82 Å². The maximum Gasteiger partial charge on any atom is 0.285 e. The molecular formula is C22H22F4N8O3. The van der Waals surface area contributed by atoms with Gasteiger partial charge in [-0.15, -0.1) is 10.2 Å². The molecule has 2 N–H and O–H groups in total. The Bertz CT molecular complexity index is 1530. The lowest BCUT2D eigenvalue weighted by atomic mass is 10.0. The Morgan fingerprint density at radius 2 is 2.22 bits per heavy atom. The molecule has 1 aliphatic rings. The maximum atomic E-state index is 15.4. The van der Waals surface area contributed by atoms with Crippen molar-refractivity contribution in [3.63, 3.8) is 0 Å². The van der Waals surface area contributed by atoms with Crippen molar-refractivity contribution >= 4 is 28.4 Å². The van der Waals surface area contributed by atoms with Gasteiger partial charge in [0.1, 0.15) is 24.3 Å². The van der Waals surface area contributed by atoms with Crippen molar-refractivity contribution < 1.29 is 33.6 Å². The number of carbonyl (C=O) groups excluding carboxylic acids is 1. The average Bonchev–Trinajstić information content (AvgIpc) is 3.42. The second-order valence-corrected chi connectivity index (χ2v) is 8.43. The average molecular weight is 523 g/mol. The van der Waals surface area contributed by atoms with Crippen LogP contribution in [0.25, 0.3) is 27.7 Å². The molecule has 0 spiro atoms. The molecule has 196 valence electrons. The van der Waals surface area contributed by atoms with E-state index in [1.807, 2.05) is 0 Å². The molecule has 1 fully saturated rings. The fourth-order valence-corrected chi connectivity index (χ4v) is 4.37. The summed E-state index contributed by atoms with van der Waals surface area (Å²) in [7, 11) is 1.25. The number of rotatable bonds is 7. The van der Waals surface area contributed by atoms with E-state index in [4.69, 9.17) is 11.2 Å². The molecule has 1 amide bonds. The summed E-state index contributed by atoms with van der Waals surface area (Å²) in [6.07, 6.45) is -0.841. The van der Waals surface area contributed by atoms with Crippen LogP contribution in [0.15, 0.2) is 24.4 Å². The number of aliphatic hydroxyl groups is 1. The summed E-state index contributed by atoms with van der Waals surface area (Å²) in [5.74, 6) is -5.67. The Morgan fingerprint density at radius 1 is 1.41 bits per heavy atom. The van der Waals surface area contributed by atoms with Gasteiger partial charge in [-0.1, -0.05) is 11.3 Å². The number of nitrogens with zero attached hydrogens (tertiary/aromatic N) is 7. The first-order chi connectivity index (χ1) is 18.2. The Hall–Kier alpha value is -4.01. The number of aryl methyl sites for hydroxylation is 1. The zero-order valence-corrected chi connectivity index (χ0v) is 19.5. The van der Waals surface area contributed by atoms with Crippen LogP contribution in [-0.4, -0.2) is 91.0 Å². The van der Waals surface area contributed by atoms with E-state index in [1.165, 1.54) is 17.9 Å². The van der Waals surface area contributed by atoms with Crippen molar-refractivity contribution in [3.05, 3.63) is 30.2 Å². The number of benzene rings is 1. The predicted octanol–water partition coefficient (Wildman–Crippen LogP) is 1.90. The monoisotopic (exact) mass is 523 g/mol. The zero-order chi connectivity index (χ0) is 27.2. The van der Waals surface area contributed by atoms with Crippen molar-refractivity contribution in [1.82, 2.24) is 34.5 Å². The number of carbonyl (C=O) groups is 1. The normalized spacial score (nSPS) is 17.8. The molecule has 0 unspecified atom stereocenters. The highest BCUT2D eigenvalue weighted by molar-refractivity contribution is 5.89. The van der Waals surface area contributed by atoms with Gasteiger partial charge in [0, 0.05) is 6.54 Å². The van der Waals surface area contributed by atoms with Gasteiger partial charge in [-0.05, 0) is 24.1 Å². The number of hydrogen-bond donors (Lipinski definition) is 2. The third-order valence-electron chi connectivity index (χ3n) is 6.16. The number of nitrogens with one attached hydrogen (secondary N) is 1. The number of aromatic nitrogens is 6. The van der Waals surface area contributed by atoms with Gasteiger partial charge in [0.15, 0.2) is 5.82 Å². The van der Waals surface area contributed by atoms with Gasteiger partial charge >= 0.3 is 0 Å². The van der Waals surface area contributed by atoms with Gasteiger partial charge in [-0.3, -0.25) is 4.79 Å². The number of fused-ring (bicyclic) bond motifs is 2. The molecule has 0 aliphatic carbocycles. The number of hydrogen-bond acceptors (Lipinski definition) is 8. The van der Waals surface area contributed by atoms with E-state index in [2.05, 4.69) is 25.7 Å². The number of ether oxygens (including phenoxy) is 1. The van der Waals surface area contributed by atoms with E-state index in [9.17, 15) is 18.0 Å². The molecular weight excluding hydrogens is 500 g/mol. The third kappa shape index (κ3) is 4.39. The first-order valence-corrected chi connectivity index (χ1v) is 11.2. The number of alkyl halides is 3. The summed E-state index contributed by atoms with van der Waals surface area (Å²) in [6, 6.07) is 3.17. The van der Waals surface area contributed by atoms with Crippen molar-refractivity contribution in [2.75, 3.05) is 38.8 Å². The Labute approximate surface area is 208 Å². The quantitative estimate of drug-likeness (QED) is 0.352. The second kappa shape index (κ2) is 9.46. The van der Waals surface area contributed by atoms with Crippen molar-refractivity contribution in [2.24, 2.45) is 0 Å². The van der Waals surface area contributed by atoms with Gasteiger partial charge in [0.2, 0.25) is 17.7 Å². The highest BCUT2D eigenvalue weighted by atomic mass is 19.3. The molecule has 0 bridgehead atoms. The lowest BCUT2D eigenvalue weighted by molar-refractivity contribution is -0.145. The van der Waals surface area contributed by atoms with E-state index >= 15 is 4.39 Å². The number of anilines is 1. The fraction of sp³-hybridized carbons (Fsp3) is 0.409. The minimum absolute atomic E-state index is 0.0143. The van der Waals surface area contributed by atoms with Crippen LogP contribution in [0.2, 0.25) is 0 Å². The van der Waals surface area contributed by atoms with Gasteiger partial charge in [-0.2, -0.15) is 4.98 Å². The highest BCUT2D eigenvalue weighted by Gasteiger charge is 2.46. The maximum absolute atomic E-state index is 15.4. The first-order valence-electron chi connectivity index (χ1n) is 11.7. The number of methoxy groups -OCH3 is 1. The van der Waals surface area contributed by atoms with E-state index in [1.54, 1.807) is 12.1 Å². The van der Waals surface area contributed by atoms with Gasteiger partial charge in [-0.25, -0.2) is 26.8 Å². The molecule has 4 aromatic rings. The van der Waals surface area contributed by atoms with Crippen LogP contribution in [0.5, 0.6) is 5.88 Å². The van der Waals surface area contributed by atoms with Crippen LogP contribution in [0.1, 0.15) is 7.79 Å². The summed E-state index contributed by atoms with van der Waals surface area (Å²) in [6.45, 7) is -2.56. The Balaban J connectivity index is 1.54. The van der Waals surface area contributed by atoms with Crippen molar-refractivity contribution in [2.45, 2.75) is 24.9 Å². The molecule has 1 aliphatic heterocycles. The van der Waals surface area contributed by atoms with E-state index < -0.39 is 49.7 Å². The molecule has 5 rings (SSSR count). The number of likely N-dealkylation sites (tertiary alicyclic amines) is 1. The number of aliphatic hydroxyl groups excluding tert-OH is 1. The summed E-state index contributed by atoms with van der Waals surface area (Å²) in [5, 5.41) is 23.4. The molecule has 11 nitrogen and oxygen atoms in total. The lowest BCUT2D eigenvalue weighted by Crippen LogP contribution is -2.56. The molecule has 1 saturated heterocycles. The van der Waals surface area contributed by atoms with Crippen LogP contribution in [0.3, 0.4) is 0 Å². The molecule has 15 heteroatoms. The summed E-state index contributed by atoms with van der Waals surface area (Å²) >= 11 is 0. The molecule has 37 heavy (non-hydrogen) atoms. The molecule has 3 aromatic heterocycles. The zero-order valence-electron chi connectivity index (χ0n) is 20.5. The van der Waals surface area contributed by atoms with Crippen molar-refractivity contribution in [3.8, 4) is 17.0 Å². The van der Waals surface area contributed by atoms with Gasteiger partial charge < -0.3 is 20.1 Å². The lowest BCUT2D eigenvalue weighted by Gasteiger charge is -2.38. The standard InChI is InChI=1S/C22H22F4N8O3/c1-37-20-19-18(12-2-3-14-15(8-12)33(7-5-23)31-29-14)13(24)9-34(19)30-21(28-20)27-16-4-6-32(17(36)10-35)11-22(16,25)26/h2-3,8-9,16,35H,4-7,10-11H2,1H3,(H,27,30)/t16-/m1/s1/i9D. The summed E-state index contributed by atoms with van der Waals surface area (Å²) in [4.78, 5) is 16.6. The minimum Gasteiger partial charge on any atom is -0.479 e. The van der Waals surface area contributed by atoms with E-state index in [0.29, 0.717) is 16.6 Å². The predicted molar refractivity (Wildman–Crippen MR) is 123 cm³/mol. The van der Waals surface area contributed by atoms with Crippen molar-refractivity contribution in [1.29, 1.82) is 0 Å². The first kappa shape index (κ1) is 23.4. The second-order valence-electron chi connectivity index (χ2n) is 8.43. The molecule has 4 heterocycles. The highest BCUT2D eigenvalue weighted by Crippen LogP contribution is 2.36. The third-order valence-corrected chi connectivity index (χ3v) is 6.16. The number of amides is 1. The summed E-state index contributed by atoms with van der Waals surface area (Å²) < 4.78 is 73.8. The molecule has 1 aromatic carbocycles.